The van der Waals surface area contributed by atoms with Crippen molar-refractivity contribution in [1.29, 1.82) is 0 Å². The summed E-state index contributed by atoms with van der Waals surface area (Å²) in [4.78, 5) is 0. The topological polar surface area (TPSA) is 18.5 Å². The largest absolute Gasteiger partial charge is 0.543 e. The first kappa shape index (κ1) is 26.1. The summed E-state index contributed by atoms with van der Waals surface area (Å²) in [6, 6.07) is 8.79. The van der Waals surface area contributed by atoms with Crippen molar-refractivity contribution in [2.45, 2.75) is 112 Å². The molecule has 3 atom stereocenters. The quantitative estimate of drug-likeness (QED) is 0.377. The van der Waals surface area contributed by atoms with E-state index in [4.69, 9.17) is 9.16 Å². The zero-order valence-electron chi connectivity index (χ0n) is 23.0. The molecule has 1 fully saturated rings. The summed E-state index contributed by atoms with van der Waals surface area (Å²) >= 11 is 0. The molecule has 2 aromatic rings. The van der Waals surface area contributed by atoms with E-state index in [9.17, 15) is 0 Å². The summed E-state index contributed by atoms with van der Waals surface area (Å²) in [5, 5.41) is 2.60. The van der Waals surface area contributed by atoms with Gasteiger partial charge in [-0.3, -0.25) is 0 Å². The summed E-state index contributed by atoms with van der Waals surface area (Å²) < 4.78 is 14.1. The minimum absolute atomic E-state index is 0.156. The number of hydrogen-bond acceptors (Lipinski definition) is 2. The molecule has 1 saturated carbocycles. The third-order valence-corrected chi connectivity index (χ3v) is 12.8. The van der Waals surface area contributed by atoms with Gasteiger partial charge in [-0.25, -0.2) is 0 Å². The molecule has 2 aromatic carbocycles. The maximum absolute atomic E-state index is 7.09. The Morgan fingerprint density at radius 1 is 0.939 bits per heavy atom. The lowest BCUT2D eigenvalue weighted by molar-refractivity contribution is 0.0464. The van der Waals surface area contributed by atoms with Gasteiger partial charge in [0.2, 0.25) is 0 Å². The highest BCUT2D eigenvalue weighted by molar-refractivity contribution is 6.74. The van der Waals surface area contributed by atoms with Crippen molar-refractivity contribution >= 4 is 19.1 Å². The van der Waals surface area contributed by atoms with E-state index in [0.29, 0.717) is 17.9 Å². The van der Waals surface area contributed by atoms with Crippen LogP contribution in [0.15, 0.2) is 24.3 Å². The molecule has 0 heterocycles. The van der Waals surface area contributed by atoms with Gasteiger partial charge in [0.1, 0.15) is 17.6 Å². The smallest absolute Gasteiger partial charge is 0.250 e. The van der Waals surface area contributed by atoms with Crippen LogP contribution in [0.3, 0.4) is 0 Å². The first-order valence-electron chi connectivity index (χ1n) is 13.3. The molecule has 0 aliphatic heterocycles. The number of fused-ring (bicyclic) bond motifs is 1. The van der Waals surface area contributed by atoms with Crippen molar-refractivity contribution in [3.8, 4) is 11.5 Å². The lowest BCUT2D eigenvalue weighted by Crippen LogP contribution is -2.44. The van der Waals surface area contributed by atoms with Crippen LogP contribution < -0.4 is 9.16 Å². The van der Waals surface area contributed by atoms with Gasteiger partial charge in [-0.2, -0.15) is 0 Å². The minimum atomic E-state index is -1.98. The third-order valence-electron chi connectivity index (χ3n) is 8.43. The fraction of sp³-hybridized carbons (Fsp3) is 0.667. The van der Waals surface area contributed by atoms with E-state index in [0.717, 1.165) is 36.7 Å². The molecule has 3 heteroatoms. The fourth-order valence-electron chi connectivity index (χ4n) is 5.29. The molecule has 0 bridgehead atoms. The van der Waals surface area contributed by atoms with Gasteiger partial charge in [0.15, 0.2) is 0 Å². The van der Waals surface area contributed by atoms with E-state index in [1.54, 1.807) is 0 Å². The number of hydrogen-bond donors (Lipinski definition) is 0. The molecular weight excluding hydrogens is 420 g/mol. The first-order chi connectivity index (χ1) is 15.4. The highest BCUT2D eigenvalue weighted by atomic mass is 28.4. The maximum atomic E-state index is 7.09. The van der Waals surface area contributed by atoms with Gasteiger partial charge in [0.25, 0.3) is 8.32 Å². The summed E-state index contributed by atoms with van der Waals surface area (Å²) in [7, 11) is -1.98. The van der Waals surface area contributed by atoms with Crippen LogP contribution in [0.5, 0.6) is 11.5 Å². The Hall–Kier alpha value is -1.48. The van der Waals surface area contributed by atoms with E-state index < -0.39 is 8.32 Å². The van der Waals surface area contributed by atoms with Crippen LogP contribution in [-0.4, -0.2) is 14.4 Å². The molecule has 0 radical (unpaired) electrons. The number of benzene rings is 2. The zero-order chi connectivity index (χ0) is 24.6. The molecule has 2 nitrogen and oxygen atoms in total. The first-order valence-corrected chi connectivity index (χ1v) is 16.2. The van der Waals surface area contributed by atoms with Gasteiger partial charge in [0.05, 0.1) is 0 Å². The Labute approximate surface area is 204 Å². The van der Waals surface area contributed by atoms with Crippen LogP contribution in [0.25, 0.3) is 10.8 Å². The van der Waals surface area contributed by atoms with Gasteiger partial charge in [0, 0.05) is 16.3 Å². The van der Waals surface area contributed by atoms with Crippen LogP contribution in [0, 0.1) is 17.8 Å². The van der Waals surface area contributed by atoms with Gasteiger partial charge in [-0.05, 0) is 67.1 Å². The zero-order valence-corrected chi connectivity index (χ0v) is 24.0. The fourth-order valence-corrected chi connectivity index (χ4v) is 6.34. The van der Waals surface area contributed by atoms with Gasteiger partial charge >= 0.3 is 0 Å². The standard InChI is InChI=1S/C30H48O2Si/c1-11-22-23(12-2)29(32-33(9,10)30(6,7)8)26-16-14-13-15-25(26)28(22)31-27-19-21(5)17-18-24(27)20(3)4/h13-16,20-21,24,27H,11-12,17-19H2,1-10H3/t21-,24+,27-/m1/s1. The second-order valence-corrected chi connectivity index (χ2v) is 16.9. The van der Waals surface area contributed by atoms with Crippen molar-refractivity contribution in [2.75, 3.05) is 0 Å². The Bertz CT molecular complexity index is 954. The summed E-state index contributed by atoms with van der Waals surface area (Å²) in [6.07, 6.45) is 5.97. The summed E-state index contributed by atoms with van der Waals surface area (Å²) in [5.41, 5.74) is 2.70. The molecule has 0 spiro atoms. The lowest BCUT2D eigenvalue weighted by Gasteiger charge is -2.39. The van der Waals surface area contributed by atoms with Crippen molar-refractivity contribution < 1.29 is 9.16 Å². The molecule has 1 aliphatic rings. The maximum Gasteiger partial charge on any atom is 0.250 e. The van der Waals surface area contributed by atoms with Gasteiger partial charge < -0.3 is 9.16 Å². The van der Waals surface area contributed by atoms with E-state index >= 15 is 0 Å². The van der Waals surface area contributed by atoms with Crippen LogP contribution in [0.1, 0.15) is 85.8 Å². The van der Waals surface area contributed by atoms with Crippen LogP contribution in [-0.2, 0) is 12.8 Å². The average molecular weight is 469 g/mol. The van der Waals surface area contributed by atoms with Crippen molar-refractivity contribution in [3.63, 3.8) is 0 Å². The Morgan fingerprint density at radius 2 is 1.48 bits per heavy atom. The monoisotopic (exact) mass is 468 g/mol. The van der Waals surface area contributed by atoms with E-state index in [-0.39, 0.29) is 5.04 Å². The second kappa shape index (κ2) is 10.0. The van der Waals surface area contributed by atoms with Crippen molar-refractivity contribution in [2.24, 2.45) is 17.8 Å². The summed E-state index contributed by atoms with van der Waals surface area (Å²) in [5.74, 6) is 4.23. The van der Waals surface area contributed by atoms with Gasteiger partial charge in [-0.1, -0.05) is 86.1 Å². The lowest BCUT2D eigenvalue weighted by atomic mass is 9.75. The van der Waals surface area contributed by atoms with Crippen molar-refractivity contribution in [3.05, 3.63) is 35.4 Å². The van der Waals surface area contributed by atoms with E-state index in [1.807, 2.05) is 0 Å². The molecule has 1 aliphatic carbocycles. The Kier molecular flexibility index (Phi) is 7.93. The average Bonchev–Trinajstić information content (AvgIpc) is 2.73. The minimum Gasteiger partial charge on any atom is -0.543 e. The highest BCUT2D eigenvalue weighted by Gasteiger charge is 2.40. The molecule has 184 valence electrons. The molecule has 3 rings (SSSR count). The van der Waals surface area contributed by atoms with Crippen LogP contribution in [0.2, 0.25) is 18.1 Å². The molecule has 0 aromatic heterocycles. The predicted octanol–water partition coefficient (Wildman–Crippen LogP) is 9.19. The second-order valence-electron chi connectivity index (χ2n) is 12.2. The highest BCUT2D eigenvalue weighted by Crippen LogP contribution is 2.47. The van der Waals surface area contributed by atoms with E-state index in [1.165, 1.54) is 34.7 Å². The van der Waals surface area contributed by atoms with Crippen LogP contribution >= 0.6 is 0 Å². The van der Waals surface area contributed by atoms with Gasteiger partial charge in [-0.15, -0.1) is 0 Å². The molecule has 0 amide bonds. The normalized spacial score (nSPS) is 22.1. The molecule has 0 unspecified atom stereocenters. The molecule has 0 saturated heterocycles. The number of ether oxygens (including phenoxy) is 1. The number of rotatable bonds is 7. The molecule has 0 N–H and O–H groups in total. The third kappa shape index (κ3) is 5.29. The molecular formula is C30H48O2Si. The van der Waals surface area contributed by atoms with Crippen molar-refractivity contribution in [1.82, 2.24) is 0 Å². The van der Waals surface area contributed by atoms with Crippen LogP contribution in [0.4, 0.5) is 0 Å². The van der Waals surface area contributed by atoms with E-state index in [2.05, 4.69) is 92.7 Å². The Morgan fingerprint density at radius 3 is 2.00 bits per heavy atom. The predicted molar refractivity (Wildman–Crippen MR) is 146 cm³/mol. The SMILES string of the molecule is CCc1c(CC)c(O[Si](C)(C)C(C)(C)C)c2ccccc2c1O[C@@H]1C[C@H](C)CC[C@H]1C(C)C. The Balaban J connectivity index is 2.19. The summed E-state index contributed by atoms with van der Waals surface area (Å²) in [6.45, 7) is 23.3. The molecule has 33 heavy (non-hydrogen) atoms.